The summed E-state index contributed by atoms with van der Waals surface area (Å²) in [6, 6.07) is 10.5. The molecule has 0 aliphatic carbocycles. The molecule has 1 unspecified atom stereocenters. The average Bonchev–Trinajstić information content (AvgIpc) is 2.92. The Bertz CT molecular complexity index is 520. The van der Waals surface area contributed by atoms with Crippen LogP contribution >= 0.6 is 0 Å². The van der Waals surface area contributed by atoms with Crippen molar-refractivity contribution in [1.82, 2.24) is 5.32 Å². The SMILES string of the molecule is COc1cccc(C(=O)NC(C)c2ccco2)c1. The number of methoxy groups -OCH3 is 1. The van der Waals surface area contributed by atoms with E-state index >= 15 is 0 Å². The molecule has 0 aliphatic heterocycles. The molecule has 0 radical (unpaired) electrons. The van der Waals surface area contributed by atoms with Gasteiger partial charge in [0.1, 0.15) is 11.5 Å². The van der Waals surface area contributed by atoms with Gasteiger partial charge in [0.15, 0.2) is 0 Å². The molecule has 4 heteroatoms. The Labute approximate surface area is 106 Å². The summed E-state index contributed by atoms with van der Waals surface area (Å²) in [5.41, 5.74) is 0.563. The lowest BCUT2D eigenvalue weighted by Crippen LogP contribution is -2.26. The summed E-state index contributed by atoms with van der Waals surface area (Å²) in [5, 5.41) is 2.86. The number of nitrogens with one attached hydrogen (secondary N) is 1. The fraction of sp³-hybridized carbons (Fsp3) is 0.214. The van der Waals surface area contributed by atoms with Gasteiger partial charge < -0.3 is 14.5 Å². The molecular formula is C14H15NO3. The summed E-state index contributed by atoms with van der Waals surface area (Å²) in [7, 11) is 1.57. The molecule has 1 amide bonds. The second-order valence-corrected chi connectivity index (χ2v) is 3.94. The van der Waals surface area contributed by atoms with Gasteiger partial charge in [-0.3, -0.25) is 4.79 Å². The first-order chi connectivity index (χ1) is 8.70. The third-order valence-electron chi connectivity index (χ3n) is 2.65. The van der Waals surface area contributed by atoms with Crippen LogP contribution in [0.5, 0.6) is 5.75 Å². The Morgan fingerprint density at radius 2 is 2.17 bits per heavy atom. The molecule has 1 aromatic carbocycles. The number of carbonyl (C=O) groups excluding carboxylic acids is 1. The second-order valence-electron chi connectivity index (χ2n) is 3.94. The van der Waals surface area contributed by atoms with Crippen LogP contribution in [0.15, 0.2) is 47.1 Å². The maximum Gasteiger partial charge on any atom is 0.251 e. The summed E-state index contributed by atoms with van der Waals surface area (Å²) >= 11 is 0. The maximum absolute atomic E-state index is 12.0. The first kappa shape index (κ1) is 12.2. The normalized spacial score (nSPS) is 11.9. The van der Waals surface area contributed by atoms with Gasteiger partial charge in [-0.05, 0) is 37.3 Å². The van der Waals surface area contributed by atoms with Crippen molar-refractivity contribution in [2.75, 3.05) is 7.11 Å². The molecule has 0 fully saturated rings. The van der Waals surface area contributed by atoms with Crippen LogP contribution in [0.3, 0.4) is 0 Å². The molecule has 18 heavy (non-hydrogen) atoms. The maximum atomic E-state index is 12.0. The lowest BCUT2D eigenvalue weighted by Gasteiger charge is -2.11. The van der Waals surface area contributed by atoms with Gasteiger partial charge in [-0.2, -0.15) is 0 Å². The molecule has 4 nitrogen and oxygen atoms in total. The van der Waals surface area contributed by atoms with Crippen LogP contribution in [-0.4, -0.2) is 13.0 Å². The highest BCUT2D eigenvalue weighted by Crippen LogP contribution is 2.15. The number of hydrogen-bond acceptors (Lipinski definition) is 3. The number of benzene rings is 1. The Morgan fingerprint density at radius 1 is 1.33 bits per heavy atom. The van der Waals surface area contributed by atoms with Gasteiger partial charge in [0.25, 0.3) is 5.91 Å². The number of carbonyl (C=O) groups is 1. The molecule has 2 rings (SSSR count). The van der Waals surface area contributed by atoms with Crippen molar-refractivity contribution < 1.29 is 13.9 Å². The Hall–Kier alpha value is -2.23. The standard InChI is InChI=1S/C14H15NO3/c1-10(13-7-4-8-18-13)15-14(16)11-5-3-6-12(9-11)17-2/h3-10H,1-2H3,(H,15,16). The van der Waals surface area contributed by atoms with Crippen LogP contribution in [0.25, 0.3) is 0 Å². The predicted octanol–water partition coefficient (Wildman–Crippen LogP) is 2.78. The second kappa shape index (κ2) is 5.40. The zero-order valence-corrected chi connectivity index (χ0v) is 10.3. The van der Waals surface area contributed by atoms with E-state index in [9.17, 15) is 4.79 Å². The molecule has 0 bridgehead atoms. The van der Waals surface area contributed by atoms with Gasteiger partial charge in [-0.15, -0.1) is 0 Å². The topological polar surface area (TPSA) is 51.5 Å². The van der Waals surface area contributed by atoms with Crippen LogP contribution in [0.1, 0.15) is 29.1 Å². The predicted molar refractivity (Wildman–Crippen MR) is 67.6 cm³/mol. The summed E-state index contributed by atoms with van der Waals surface area (Å²) in [6.07, 6.45) is 1.59. The largest absolute Gasteiger partial charge is 0.497 e. The van der Waals surface area contributed by atoms with E-state index in [1.165, 1.54) is 0 Å². The van der Waals surface area contributed by atoms with E-state index in [1.807, 2.05) is 13.0 Å². The van der Waals surface area contributed by atoms with Crippen molar-refractivity contribution in [3.63, 3.8) is 0 Å². The average molecular weight is 245 g/mol. The van der Waals surface area contributed by atoms with E-state index in [-0.39, 0.29) is 11.9 Å². The molecule has 1 heterocycles. The van der Waals surface area contributed by atoms with E-state index in [0.717, 1.165) is 5.76 Å². The highest BCUT2D eigenvalue weighted by atomic mass is 16.5. The van der Waals surface area contributed by atoms with Crippen LogP contribution in [0.4, 0.5) is 0 Å². The smallest absolute Gasteiger partial charge is 0.251 e. The monoisotopic (exact) mass is 245 g/mol. The minimum Gasteiger partial charge on any atom is -0.497 e. The van der Waals surface area contributed by atoms with E-state index in [1.54, 1.807) is 43.7 Å². The van der Waals surface area contributed by atoms with Gasteiger partial charge in [0, 0.05) is 5.56 Å². The number of amides is 1. The van der Waals surface area contributed by atoms with Crippen LogP contribution in [0.2, 0.25) is 0 Å². The van der Waals surface area contributed by atoms with Gasteiger partial charge in [0.05, 0.1) is 19.4 Å². The number of furan rings is 1. The van der Waals surface area contributed by atoms with E-state index in [4.69, 9.17) is 9.15 Å². The van der Waals surface area contributed by atoms with Crippen LogP contribution in [-0.2, 0) is 0 Å². The Balaban J connectivity index is 2.07. The summed E-state index contributed by atoms with van der Waals surface area (Å²) < 4.78 is 10.3. The van der Waals surface area contributed by atoms with Crippen molar-refractivity contribution in [2.24, 2.45) is 0 Å². The van der Waals surface area contributed by atoms with Gasteiger partial charge >= 0.3 is 0 Å². The highest BCUT2D eigenvalue weighted by Gasteiger charge is 2.13. The van der Waals surface area contributed by atoms with E-state index < -0.39 is 0 Å². The van der Waals surface area contributed by atoms with Crippen molar-refractivity contribution in [3.8, 4) is 5.75 Å². The fourth-order valence-electron chi connectivity index (χ4n) is 1.65. The van der Waals surface area contributed by atoms with Gasteiger partial charge in [-0.1, -0.05) is 6.07 Å². The molecule has 0 aliphatic rings. The third-order valence-corrected chi connectivity index (χ3v) is 2.65. The molecule has 0 saturated heterocycles. The highest BCUT2D eigenvalue weighted by molar-refractivity contribution is 5.94. The third kappa shape index (κ3) is 2.71. The zero-order valence-electron chi connectivity index (χ0n) is 10.3. The van der Waals surface area contributed by atoms with Crippen molar-refractivity contribution >= 4 is 5.91 Å². The fourth-order valence-corrected chi connectivity index (χ4v) is 1.65. The van der Waals surface area contributed by atoms with Crippen LogP contribution in [0, 0.1) is 0 Å². The zero-order chi connectivity index (χ0) is 13.0. The Kier molecular flexibility index (Phi) is 3.67. The molecule has 94 valence electrons. The number of ether oxygens (including phenoxy) is 1. The molecule has 1 aromatic heterocycles. The summed E-state index contributed by atoms with van der Waals surface area (Å²) in [4.78, 5) is 12.0. The van der Waals surface area contributed by atoms with Gasteiger partial charge in [0.2, 0.25) is 0 Å². The summed E-state index contributed by atoms with van der Waals surface area (Å²) in [5.74, 6) is 1.23. The molecule has 0 spiro atoms. The van der Waals surface area contributed by atoms with Gasteiger partial charge in [-0.25, -0.2) is 0 Å². The molecule has 2 aromatic rings. The first-order valence-electron chi connectivity index (χ1n) is 5.69. The molecular weight excluding hydrogens is 230 g/mol. The first-order valence-corrected chi connectivity index (χ1v) is 5.69. The van der Waals surface area contributed by atoms with Crippen molar-refractivity contribution in [3.05, 3.63) is 54.0 Å². The quantitative estimate of drug-likeness (QED) is 0.901. The Morgan fingerprint density at radius 3 is 2.83 bits per heavy atom. The van der Waals surface area contributed by atoms with Crippen molar-refractivity contribution in [1.29, 1.82) is 0 Å². The van der Waals surface area contributed by atoms with E-state index in [2.05, 4.69) is 5.32 Å². The minimum atomic E-state index is -0.168. The lowest BCUT2D eigenvalue weighted by molar-refractivity contribution is 0.0935. The van der Waals surface area contributed by atoms with Crippen molar-refractivity contribution in [2.45, 2.75) is 13.0 Å². The number of rotatable bonds is 4. The minimum absolute atomic E-state index is 0.155. The van der Waals surface area contributed by atoms with E-state index in [0.29, 0.717) is 11.3 Å². The summed E-state index contributed by atoms with van der Waals surface area (Å²) in [6.45, 7) is 1.87. The number of hydrogen-bond donors (Lipinski definition) is 1. The van der Waals surface area contributed by atoms with Crippen LogP contribution < -0.4 is 10.1 Å². The lowest BCUT2D eigenvalue weighted by atomic mass is 10.1. The molecule has 1 atom stereocenters. The molecule has 1 N–H and O–H groups in total. The molecule has 0 saturated carbocycles.